The summed E-state index contributed by atoms with van der Waals surface area (Å²) in [5.41, 5.74) is 1.36. The van der Waals surface area contributed by atoms with Crippen molar-refractivity contribution in [3.8, 4) is 11.4 Å². The lowest BCUT2D eigenvalue weighted by Gasteiger charge is -2.11. The van der Waals surface area contributed by atoms with Gasteiger partial charge in [-0.2, -0.15) is 13.9 Å². The van der Waals surface area contributed by atoms with Crippen LogP contribution >= 0.6 is 0 Å². The number of aromatic nitrogens is 4. The Kier molecular flexibility index (Phi) is 4.37. The third kappa shape index (κ3) is 3.29. The molecule has 0 fully saturated rings. The molecule has 2 aromatic heterocycles. The molecule has 0 saturated carbocycles. The first-order valence-electron chi connectivity index (χ1n) is 8.15. The lowest BCUT2D eigenvalue weighted by molar-refractivity contribution is -0.0504. The Morgan fingerprint density at radius 3 is 2.56 bits per heavy atom. The van der Waals surface area contributed by atoms with Crippen molar-refractivity contribution in [1.29, 1.82) is 0 Å². The van der Waals surface area contributed by atoms with Crippen molar-refractivity contribution < 1.29 is 13.5 Å². The molecule has 4 rings (SSSR count). The van der Waals surface area contributed by atoms with Crippen molar-refractivity contribution in [1.82, 2.24) is 19.3 Å². The summed E-state index contributed by atoms with van der Waals surface area (Å²) in [6.07, 6.45) is 2.83. The molecule has 0 bridgehead atoms. The Balaban J connectivity index is 1.73. The summed E-state index contributed by atoms with van der Waals surface area (Å²) >= 11 is 0. The third-order valence-electron chi connectivity index (χ3n) is 4.08. The molecule has 0 N–H and O–H groups in total. The molecule has 4 aromatic rings. The number of alkyl halides is 2. The average Bonchev–Trinajstić information content (AvgIpc) is 3.11. The molecule has 0 aliphatic heterocycles. The van der Waals surface area contributed by atoms with Gasteiger partial charge < -0.3 is 4.74 Å². The summed E-state index contributed by atoms with van der Waals surface area (Å²) in [5, 5.41) is 4.59. The second kappa shape index (κ2) is 6.99. The summed E-state index contributed by atoms with van der Waals surface area (Å²) in [7, 11) is 0. The van der Waals surface area contributed by atoms with Crippen LogP contribution in [0, 0.1) is 0 Å². The molecule has 0 amide bonds. The quantitative estimate of drug-likeness (QED) is 0.543. The second-order valence-electron chi connectivity index (χ2n) is 5.79. The summed E-state index contributed by atoms with van der Waals surface area (Å²) < 4.78 is 32.6. The number of benzene rings is 2. The molecule has 0 aliphatic carbocycles. The van der Waals surface area contributed by atoms with E-state index in [9.17, 15) is 13.6 Å². The first kappa shape index (κ1) is 16.9. The number of fused-ring (bicyclic) bond motifs is 1. The average molecular weight is 368 g/mol. The first-order chi connectivity index (χ1) is 13.1. The Hall–Kier alpha value is -3.55. The van der Waals surface area contributed by atoms with Gasteiger partial charge in [0.2, 0.25) is 0 Å². The lowest BCUT2D eigenvalue weighted by atomic mass is 10.2. The maximum absolute atomic E-state index is 12.8. The van der Waals surface area contributed by atoms with Crippen LogP contribution in [0.15, 0.2) is 71.9 Å². The van der Waals surface area contributed by atoms with Gasteiger partial charge in [0.1, 0.15) is 17.5 Å². The number of para-hydroxylation sites is 2. The molecule has 8 heteroatoms. The van der Waals surface area contributed by atoms with Gasteiger partial charge in [-0.1, -0.05) is 36.4 Å². The van der Waals surface area contributed by atoms with Crippen molar-refractivity contribution in [2.75, 3.05) is 0 Å². The van der Waals surface area contributed by atoms with Crippen molar-refractivity contribution in [2.24, 2.45) is 0 Å². The van der Waals surface area contributed by atoms with E-state index in [2.05, 4.69) is 14.8 Å². The van der Waals surface area contributed by atoms with E-state index in [4.69, 9.17) is 0 Å². The van der Waals surface area contributed by atoms with Crippen molar-refractivity contribution in [3.63, 3.8) is 0 Å². The van der Waals surface area contributed by atoms with Crippen LogP contribution in [-0.2, 0) is 6.54 Å². The molecular formula is C19H14F2N4O2. The minimum Gasteiger partial charge on any atom is -0.434 e. The first-order valence-corrected chi connectivity index (χ1v) is 8.15. The Labute approximate surface area is 152 Å². The van der Waals surface area contributed by atoms with E-state index in [0.29, 0.717) is 16.6 Å². The number of halogens is 2. The molecule has 0 atom stereocenters. The third-order valence-corrected chi connectivity index (χ3v) is 4.08. The van der Waals surface area contributed by atoms with Gasteiger partial charge in [0.05, 0.1) is 18.4 Å². The molecule has 2 aromatic carbocycles. The van der Waals surface area contributed by atoms with E-state index in [-0.39, 0.29) is 17.9 Å². The van der Waals surface area contributed by atoms with Gasteiger partial charge >= 0.3 is 6.61 Å². The Bertz CT molecular complexity index is 1140. The number of hydrogen-bond acceptors (Lipinski definition) is 4. The van der Waals surface area contributed by atoms with E-state index in [1.807, 2.05) is 30.3 Å². The minimum atomic E-state index is -2.94. The van der Waals surface area contributed by atoms with Crippen LogP contribution in [0.4, 0.5) is 8.78 Å². The van der Waals surface area contributed by atoms with Gasteiger partial charge in [0.15, 0.2) is 5.65 Å². The maximum Gasteiger partial charge on any atom is 0.387 e. The fourth-order valence-electron chi connectivity index (χ4n) is 2.85. The van der Waals surface area contributed by atoms with Gasteiger partial charge in [-0.15, -0.1) is 0 Å². The highest BCUT2D eigenvalue weighted by molar-refractivity contribution is 5.74. The Morgan fingerprint density at radius 1 is 1.04 bits per heavy atom. The van der Waals surface area contributed by atoms with Crippen molar-refractivity contribution in [3.05, 3.63) is 83.0 Å². The van der Waals surface area contributed by atoms with Gasteiger partial charge in [-0.3, -0.25) is 9.36 Å². The minimum absolute atomic E-state index is 0.0273. The molecule has 0 spiro atoms. The van der Waals surface area contributed by atoms with Crippen LogP contribution < -0.4 is 10.3 Å². The maximum atomic E-state index is 12.8. The number of nitrogens with zero attached hydrogens (tertiary/aromatic N) is 4. The topological polar surface area (TPSA) is 61.9 Å². The van der Waals surface area contributed by atoms with Crippen molar-refractivity contribution >= 4 is 11.0 Å². The summed E-state index contributed by atoms with van der Waals surface area (Å²) in [5.74, 6) is 0.0273. The normalized spacial score (nSPS) is 11.2. The van der Waals surface area contributed by atoms with Crippen LogP contribution in [-0.4, -0.2) is 25.9 Å². The van der Waals surface area contributed by atoms with Crippen LogP contribution in [0.1, 0.15) is 5.56 Å². The Morgan fingerprint density at radius 2 is 1.78 bits per heavy atom. The molecule has 2 heterocycles. The highest BCUT2D eigenvalue weighted by Gasteiger charge is 2.14. The summed E-state index contributed by atoms with van der Waals surface area (Å²) in [4.78, 5) is 17.1. The molecule has 0 saturated heterocycles. The second-order valence-corrected chi connectivity index (χ2v) is 5.79. The van der Waals surface area contributed by atoms with Crippen LogP contribution in [0.25, 0.3) is 16.7 Å². The fraction of sp³-hybridized carbons (Fsp3) is 0.105. The van der Waals surface area contributed by atoms with E-state index in [1.54, 1.807) is 22.9 Å². The van der Waals surface area contributed by atoms with E-state index in [0.717, 1.165) is 5.69 Å². The molecule has 0 radical (unpaired) electrons. The molecule has 136 valence electrons. The highest BCUT2D eigenvalue weighted by Crippen LogP contribution is 2.21. The zero-order valence-corrected chi connectivity index (χ0v) is 14.0. The van der Waals surface area contributed by atoms with Crippen LogP contribution in [0.2, 0.25) is 0 Å². The summed E-state index contributed by atoms with van der Waals surface area (Å²) in [6.45, 7) is -2.88. The van der Waals surface area contributed by atoms with E-state index < -0.39 is 6.61 Å². The predicted octanol–water partition coefficient (Wildman–Crippen LogP) is 3.23. The number of ether oxygens (including phenoxy) is 1. The van der Waals surface area contributed by atoms with Crippen LogP contribution in [0.3, 0.4) is 0 Å². The number of rotatable bonds is 5. The smallest absolute Gasteiger partial charge is 0.387 e. The lowest BCUT2D eigenvalue weighted by Crippen LogP contribution is -2.21. The molecule has 0 unspecified atom stereocenters. The highest BCUT2D eigenvalue weighted by atomic mass is 19.3. The zero-order valence-electron chi connectivity index (χ0n) is 14.0. The standard InChI is InChI=1S/C19H14F2N4O2/c20-19(21)27-16-9-5-4-6-13(16)11-24-12-22-17-15(18(24)26)10-23-25(17)14-7-2-1-3-8-14/h1-10,12,19H,11H2. The van der Waals surface area contributed by atoms with Gasteiger partial charge in [0.25, 0.3) is 5.56 Å². The monoisotopic (exact) mass is 368 g/mol. The molecule has 0 aliphatic rings. The zero-order chi connectivity index (χ0) is 18.8. The molecule has 27 heavy (non-hydrogen) atoms. The number of hydrogen-bond donors (Lipinski definition) is 0. The fourth-order valence-corrected chi connectivity index (χ4v) is 2.85. The van der Waals surface area contributed by atoms with Gasteiger partial charge in [-0.25, -0.2) is 9.67 Å². The van der Waals surface area contributed by atoms with Gasteiger partial charge in [0, 0.05) is 5.56 Å². The van der Waals surface area contributed by atoms with E-state index in [1.165, 1.54) is 23.2 Å². The van der Waals surface area contributed by atoms with Crippen molar-refractivity contribution in [2.45, 2.75) is 13.2 Å². The SMILES string of the molecule is O=c1c2cnn(-c3ccccc3)c2ncn1Cc1ccccc1OC(F)F. The van der Waals surface area contributed by atoms with E-state index >= 15 is 0 Å². The van der Waals surface area contributed by atoms with Crippen LogP contribution in [0.5, 0.6) is 5.75 Å². The predicted molar refractivity (Wildman–Crippen MR) is 95.3 cm³/mol. The molecular weight excluding hydrogens is 354 g/mol. The van der Waals surface area contributed by atoms with Gasteiger partial charge in [-0.05, 0) is 18.2 Å². The largest absolute Gasteiger partial charge is 0.434 e. The summed E-state index contributed by atoms with van der Waals surface area (Å²) in [6, 6.07) is 15.7. The molecule has 6 nitrogen and oxygen atoms in total.